The van der Waals surface area contributed by atoms with Gasteiger partial charge >= 0.3 is 0 Å². The van der Waals surface area contributed by atoms with Crippen LogP contribution in [0.5, 0.6) is 0 Å². The van der Waals surface area contributed by atoms with E-state index < -0.39 is 0 Å². The van der Waals surface area contributed by atoms with Crippen LogP contribution in [0.15, 0.2) is 209 Å². The number of anilines is 3. The summed E-state index contributed by atoms with van der Waals surface area (Å²) in [5.41, 5.74) is 13.6. The number of nitrogens with zero attached hydrogens (tertiary/aromatic N) is 1. The van der Waals surface area contributed by atoms with Crippen molar-refractivity contribution in [2.45, 2.75) is 0 Å². The first-order chi connectivity index (χ1) is 27.3. The zero-order chi connectivity index (χ0) is 36.3. The molecule has 0 fully saturated rings. The SMILES string of the molecule is c1ccc(-c2ccc(N(c3ccc(-c4cccc5c4oc4ccccc45)cc3)c3ccc4c(c3)oc3c5ccccc5c(-c5ccccc5)cc43)cc2)cc1. The van der Waals surface area contributed by atoms with E-state index in [1.807, 2.05) is 12.1 Å². The Bertz CT molecular complexity index is 3180. The Labute approximate surface area is 317 Å². The summed E-state index contributed by atoms with van der Waals surface area (Å²) < 4.78 is 13.2. The van der Waals surface area contributed by atoms with Gasteiger partial charge in [-0.25, -0.2) is 0 Å². The first-order valence-corrected chi connectivity index (χ1v) is 18.7. The number of benzene rings is 9. The number of hydrogen-bond donors (Lipinski definition) is 0. The molecule has 0 radical (unpaired) electrons. The maximum Gasteiger partial charge on any atom is 0.143 e. The average Bonchev–Trinajstić information content (AvgIpc) is 3.83. The van der Waals surface area contributed by atoms with E-state index in [9.17, 15) is 0 Å². The molecular weight excluding hydrogens is 671 g/mol. The molecule has 3 nitrogen and oxygen atoms in total. The zero-order valence-corrected chi connectivity index (χ0v) is 29.8. The first kappa shape index (κ1) is 31.2. The predicted molar refractivity (Wildman–Crippen MR) is 229 cm³/mol. The molecule has 0 spiro atoms. The Morgan fingerprint density at radius 1 is 0.273 bits per heavy atom. The molecular formula is C52H33NO2. The molecule has 0 amide bonds. The first-order valence-electron chi connectivity index (χ1n) is 18.7. The minimum atomic E-state index is 0.849. The third kappa shape index (κ3) is 5.20. The summed E-state index contributed by atoms with van der Waals surface area (Å²) in [4.78, 5) is 2.31. The highest BCUT2D eigenvalue weighted by molar-refractivity contribution is 6.19. The lowest BCUT2D eigenvalue weighted by atomic mass is 9.95. The predicted octanol–water partition coefficient (Wildman–Crippen LogP) is 15.1. The highest BCUT2D eigenvalue weighted by atomic mass is 16.3. The number of fused-ring (bicyclic) bond motifs is 8. The molecule has 3 heteroatoms. The van der Waals surface area contributed by atoms with Crippen molar-refractivity contribution in [3.8, 4) is 33.4 Å². The largest absolute Gasteiger partial charge is 0.455 e. The van der Waals surface area contributed by atoms with E-state index in [0.717, 1.165) is 77.5 Å². The van der Waals surface area contributed by atoms with Gasteiger partial charge in [-0.15, -0.1) is 0 Å². The lowest BCUT2D eigenvalue weighted by Crippen LogP contribution is -2.09. The second-order valence-corrected chi connectivity index (χ2v) is 14.1. The van der Waals surface area contributed by atoms with Crippen LogP contribution in [0.2, 0.25) is 0 Å². The van der Waals surface area contributed by atoms with Crippen molar-refractivity contribution >= 4 is 71.7 Å². The molecule has 0 aliphatic carbocycles. The van der Waals surface area contributed by atoms with Crippen LogP contribution in [0.3, 0.4) is 0 Å². The number of furan rings is 2. The van der Waals surface area contributed by atoms with Gasteiger partial charge in [-0.05, 0) is 81.7 Å². The smallest absolute Gasteiger partial charge is 0.143 e. The summed E-state index contributed by atoms with van der Waals surface area (Å²) in [6.45, 7) is 0. The Morgan fingerprint density at radius 2 is 0.782 bits per heavy atom. The minimum Gasteiger partial charge on any atom is -0.455 e. The van der Waals surface area contributed by atoms with E-state index in [4.69, 9.17) is 8.83 Å². The minimum absolute atomic E-state index is 0.849. The van der Waals surface area contributed by atoms with Gasteiger partial charge in [-0.3, -0.25) is 0 Å². The van der Waals surface area contributed by atoms with Crippen molar-refractivity contribution in [1.29, 1.82) is 0 Å². The highest BCUT2D eigenvalue weighted by Gasteiger charge is 2.19. The fraction of sp³-hybridized carbons (Fsp3) is 0. The summed E-state index contributed by atoms with van der Waals surface area (Å²) in [6.07, 6.45) is 0. The maximum absolute atomic E-state index is 6.80. The van der Waals surface area contributed by atoms with E-state index in [1.54, 1.807) is 0 Å². The Balaban J connectivity index is 1.06. The van der Waals surface area contributed by atoms with E-state index in [0.29, 0.717) is 0 Å². The standard InChI is InChI=1S/C52H33NO2/c1-3-12-34(13-4-1)35-22-26-38(27-23-35)53(39-28-24-37(25-29-39)41-19-11-20-46-43-17-9-10-21-49(43)54-51(41)46)40-30-31-44-48-33-47(36-14-5-2-6-15-36)42-16-7-8-18-45(42)52(48)55-50(44)32-40/h1-33H. The molecule has 0 N–H and O–H groups in total. The van der Waals surface area contributed by atoms with Crippen LogP contribution < -0.4 is 4.90 Å². The molecule has 0 bridgehead atoms. The van der Waals surface area contributed by atoms with E-state index in [-0.39, 0.29) is 0 Å². The second-order valence-electron chi connectivity index (χ2n) is 14.1. The number of para-hydroxylation sites is 2. The number of rotatable bonds is 6. The van der Waals surface area contributed by atoms with Crippen LogP contribution in [0.1, 0.15) is 0 Å². The summed E-state index contributed by atoms with van der Waals surface area (Å²) in [5, 5.41) is 6.75. The molecule has 9 aromatic carbocycles. The summed E-state index contributed by atoms with van der Waals surface area (Å²) >= 11 is 0. The molecule has 0 atom stereocenters. The van der Waals surface area contributed by atoms with Gasteiger partial charge < -0.3 is 13.7 Å². The van der Waals surface area contributed by atoms with Crippen molar-refractivity contribution in [2.24, 2.45) is 0 Å². The summed E-state index contributed by atoms with van der Waals surface area (Å²) in [6, 6.07) is 70.8. The van der Waals surface area contributed by atoms with Crippen LogP contribution in [0.25, 0.3) is 88.0 Å². The van der Waals surface area contributed by atoms with Gasteiger partial charge in [0.15, 0.2) is 0 Å². The van der Waals surface area contributed by atoms with Crippen LogP contribution in [-0.2, 0) is 0 Å². The molecule has 0 aliphatic rings. The van der Waals surface area contributed by atoms with Gasteiger partial charge in [0, 0.05) is 55.6 Å². The Hall–Kier alpha value is -7.36. The van der Waals surface area contributed by atoms with E-state index in [2.05, 4.69) is 193 Å². The fourth-order valence-electron chi connectivity index (χ4n) is 8.23. The van der Waals surface area contributed by atoms with Crippen molar-refractivity contribution in [2.75, 3.05) is 4.90 Å². The summed E-state index contributed by atoms with van der Waals surface area (Å²) in [7, 11) is 0. The molecule has 0 saturated carbocycles. The Kier molecular flexibility index (Phi) is 7.17. The van der Waals surface area contributed by atoms with E-state index in [1.165, 1.54) is 27.6 Å². The molecule has 0 unspecified atom stereocenters. The normalized spacial score (nSPS) is 11.6. The van der Waals surface area contributed by atoms with E-state index >= 15 is 0 Å². The van der Waals surface area contributed by atoms with Crippen molar-refractivity contribution in [3.63, 3.8) is 0 Å². The molecule has 11 rings (SSSR count). The fourth-order valence-corrected chi connectivity index (χ4v) is 8.23. The molecule has 11 aromatic rings. The topological polar surface area (TPSA) is 29.5 Å². The van der Waals surface area contributed by atoms with Gasteiger partial charge in [0.25, 0.3) is 0 Å². The number of hydrogen-bond acceptors (Lipinski definition) is 3. The Morgan fingerprint density at radius 3 is 1.53 bits per heavy atom. The van der Waals surface area contributed by atoms with Gasteiger partial charge in [0.1, 0.15) is 22.3 Å². The van der Waals surface area contributed by atoms with Gasteiger partial charge in [0.2, 0.25) is 0 Å². The molecule has 258 valence electrons. The quantitative estimate of drug-likeness (QED) is 0.173. The highest BCUT2D eigenvalue weighted by Crippen LogP contribution is 2.44. The third-order valence-electron chi connectivity index (χ3n) is 10.9. The third-order valence-corrected chi connectivity index (χ3v) is 10.9. The maximum atomic E-state index is 6.80. The van der Waals surface area contributed by atoms with Crippen molar-refractivity contribution < 1.29 is 8.83 Å². The molecule has 2 aromatic heterocycles. The zero-order valence-electron chi connectivity index (χ0n) is 29.8. The molecule has 55 heavy (non-hydrogen) atoms. The van der Waals surface area contributed by atoms with Crippen LogP contribution >= 0.6 is 0 Å². The van der Waals surface area contributed by atoms with Gasteiger partial charge in [-0.2, -0.15) is 0 Å². The van der Waals surface area contributed by atoms with Crippen molar-refractivity contribution in [1.82, 2.24) is 0 Å². The van der Waals surface area contributed by atoms with Gasteiger partial charge in [-0.1, -0.05) is 146 Å². The van der Waals surface area contributed by atoms with Gasteiger partial charge in [0.05, 0.1) is 0 Å². The van der Waals surface area contributed by atoms with Crippen LogP contribution in [-0.4, -0.2) is 0 Å². The lowest BCUT2D eigenvalue weighted by molar-refractivity contribution is 0.670. The molecule has 2 heterocycles. The average molecular weight is 704 g/mol. The molecule has 0 aliphatic heterocycles. The molecule has 0 saturated heterocycles. The second kappa shape index (κ2) is 12.6. The monoisotopic (exact) mass is 703 g/mol. The lowest BCUT2D eigenvalue weighted by Gasteiger charge is -2.26. The van der Waals surface area contributed by atoms with Crippen molar-refractivity contribution in [3.05, 3.63) is 200 Å². The van der Waals surface area contributed by atoms with Crippen LogP contribution in [0, 0.1) is 0 Å². The summed E-state index contributed by atoms with van der Waals surface area (Å²) in [5.74, 6) is 0. The van der Waals surface area contributed by atoms with Crippen LogP contribution in [0.4, 0.5) is 17.1 Å².